The van der Waals surface area contributed by atoms with Crippen molar-refractivity contribution in [2.24, 2.45) is 0 Å². The molecule has 4 nitrogen and oxygen atoms in total. The van der Waals surface area contributed by atoms with E-state index in [0.29, 0.717) is 18.6 Å². The van der Waals surface area contributed by atoms with Crippen molar-refractivity contribution >= 4 is 5.97 Å². The monoisotopic (exact) mass is 289 g/mol. The maximum Gasteiger partial charge on any atom is 0.309 e. The van der Waals surface area contributed by atoms with Gasteiger partial charge in [0.25, 0.3) is 0 Å². The van der Waals surface area contributed by atoms with E-state index < -0.39 is 0 Å². The molecule has 1 aliphatic heterocycles. The summed E-state index contributed by atoms with van der Waals surface area (Å²) in [4.78, 5) is 14.1. The molecule has 2 fully saturated rings. The molecule has 2 unspecified atom stereocenters. The smallest absolute Gasteiger partial charge is 0.309 e. The average molecular weight is 289 g/mol. The molecular formula is C17H23NO3. The highest BCUT2D eigenvalue weighted by Crippen LogP contribution is 2.31. The van der Waals surface area contributed by atoms with Gasteiger partial charge in [-0.1, -0.05) is 24.3 Å². The van der Waals surface area contributed by atoms with Crippen molar-refractivity contribution in [2.45, 2.75) is 44.4 Å². The van der Waals surface area contributed by atoms with Gasteiger partial charge < -0.3 is 9.47 Å². The molecule has 1 saturated carbocycles. The second kappa shape index (κ2) is 6.58. The fraction of sp³-hybridized carbons (Fsp3) is 0.588. The van der Waals surface area contributed by atoms with Gasteiger partial charge in [0.1, 0.15) is 0 Å². The first kappa shape index (κ1) is 14.5. The molecule has 3 rings (SSSR count). The van der Waals surface area contributed by atoms with Gasteiger partial charge in [-0.15, -0.1) is 0 Å². The van der Waals surface area contributed by atoms with E-state index in [2.05, 4.69) is 11.0 Å². The number of rotatable bonds is 4. The van der Waals surface area contributed by atoms with Crippen LogP contribution >= 0.6 is 0 Å². The maximum absolute atomic E-state index is 11.6. The maximum atomic E-state index is 11.6. The Kier molecular flexibility index (Phi) is 4.56. The summed E-state index contributed by atoms with van der Waals surface area (Å²) in [6, 6.07) is 8.73. The summed E-state index contributed by atoms with van der Waals surface area (Å²) in [5.41, 5.74) is 2.31. The zero-order chi connectivity index (χ0) is 14.7. The fourth-order valence-electron chi connectivity index (χ4n) is 3.53. The van der Waals surface area contributed by atoms with Crippen LogP contribution in [-0.4, -0.2) is 43.3 Å². The summed E-state index contributed by atoms with van der Waals surface area (Å²) in [5, 5.41) is 0. The van der Waals surface area contributed by atoms with E-state index in [1.165, 1.54) is 31.9 Å². The van der Waals surface area contributed by atoms with E-state index in [0.717, 1.165) is 25.3 Å². The number of esters is 1. The predicted molar refractivity (Wildman–Crippen MR) is 80.0 cm³/mol. The Morgan fingerprint density at radius 1 is 1.33 bits per heavy atom. The highest BCUT2D eigenvalue weighted by atomic mass is 16.5. The Morgan fingerprint density at radius 2 is 2.14 bits per heavy atom. The summed E-state index contributed by atoms with van der Waals surface area (Å²) < 4.78 is 10.7. The van der Waals surface area contributed by atoms with Gasteiger partial charge in [0.2, 0.25) is 0 Å². The largest absolute Gasteiger partial charge is 0.469 e. The average Bonchev–Trinajstić information content (AvgIpc) is 2.98. The number of methoxy groups -OCH3 is 1. The zero-order valence-electron chi connectivity index (χ0n) is 12.6. The molecule has 4 heteroatoms. The van der Waals surface area contributed by atoms with Gasteiger partial charge in [-0.05, 0) is 30.4 Å². The van der Waals surface area contributed by atoms with Crippen LogP contribution in [0, 0.1) is 0 Å². The second-order valence-corrected chi connectivity index (χ2v) is 5.90. The van der Waals surface area contributed by atoms with Gasteiger partial charge in [0.05, 0.1) is 26.2 Å². The standard InChI is InChI=1S/C17H23NO3/c1-20-17(19)11-13-5-2-3-6-14(13)12-18-9-10-21-16-8-4-7-15(16)18/h2-3,5-6,15-16H,4,7-12H2,1H3. The van der Waals surface area contributed by atoms with Crippen LogP contribution in [0.15, 0.2) is 24.3 Å². The Labute approximate surface area is 126 Å². The SMILES string of the molecule is COC(=O)Cc1ccccc1CN1CCOC2CCCC21. The highest BCUT2D eigenvalue weighted by Gasteiger charge is 2.35. The van der Waals surface area contributed by atoms with Gasteiger partial charge in [-0.3, -0.25) is 9.69 Å². The molecule has 114 valence electrons. The first-order valence-electron chi connectivity index (χ1n) is 7.77. The molecule has 21 heavy (non-hydrogen) atoms. The van der Waals surface area contributed by atoms with Gasteiger partial charge in [-0.2, -0.15) is 0 Å². The van der Waals surface area contributed by atoms with E-state index >= 15 is 0 Å². The third-order valence-corrected chi connectivity index (χ3v) is 4.65. The number of hydrogen-bond acceptors (Lipinski definition) is 4. The molecule has 0 spiro atoms. The minimum Gasteiger partial charge on any atom is -0.469 e. The third-order valence-electron chi connectivity index (χ3n) is 4.65. The van der Waals surface area contributed by atoms with Crippen LogP contribution in [0.5, 0.6) is 0 Å². The molecule has 1 aromatic rings. The van der Waals surface area contributed by atoms with Crippen LogP contribution < -0.4 is 0 Å². The van der Waals surface area contributed by atoms with E-state index in [9.17, 15) is 4.79 Å². The van der Waals surface area contributed by atoms with Gasteiger partial charge >= 0.3 is 5.97 Å². The Hall–Kier alpha value is -1.39. The zero-order valence-corrected chi connectivity index (χ0v) is 12.6. The van der Waals surface area contributed by atoms with Gasteiger partial charge in [0.15, 0.2) is 0 Å². The molecule has 0 bridgehead atoms. The molecule has 0 amide bonds. The second-order valence-electron chi connectivity index (χ2n) is 5.90. The van der Waals surface area contributed by atoms with Crippen molar-refractivity contribution < 1.29 is 14.3 Å². The molecule has 0 N–H and O–H groups in total. The van der Waals surface area contributed by atoms with E-state index in [-0.39, 0.29) is 5.97 Å². The number of morpholine rings is 1. The van der Waals surface area contributed by atoms with Crippen LogP contribution in [0.1, 0.15) is 30.4 Å². The number of ether oxygens (including phenoxy) is 2. The summed E-state index contributed by atoms with van der Waals surface area (Å²) >= 11 is 0. The Morgan fingerprint density at radius 3 is 2.95 bits per heavy atom. The normalized spacial score (nSPS) is 25.6. The molecule has 2 atom stereocenters. The van der Waals surface area contributed by atoms with Crippen LogP contribution in [0.4, 0.5) is 0 Å². The summed E-state index contributed by atoms with van der Waals surface area (Å²) in [7, 11) is 1.44. The van der Waals surface area contributed by atoms with Crippen LogP contribution in [0.2, 0.25) is 0 Å². The van der Waals surface area contributed by atoms with Crippen molar-refractivity contribution in [3.8, 4) is 0 Å². The quantitative estimate of drug-likeness (QED) is 0.796. The third kappa shape index (κ3) is 3.27. The van der Waals surface area contributed by atoms with Crippen molar-refractivity contribution in [1.29, 1.82) is 0 Å². The number of benzene rings is 1. The molecule has 1 aromatic carbocycles. The molecular weight excluding hydrogens is 266 g/mol. The number of nitrogens with zero attached hydrogens (tertiary/aromatic N) is 1. The summed E-state index contributed by atoms with van der Waals surface area (Å²) in [5.74, 6) is -0.178. The summed E-state index contributed by atoms with van der Waals surface area (Å²) in [6.07, 6.45) is 4.43. The lowest BCUT2D eigenvalue weighted by Gasteiger charge is -2.38. The topological polar surface area (TPSA) is 38.8 Å². The molecule has 0 aromatic heterocycles. The molecule has 2 aliphatic rings. The van der Waals surface area contributed by atoms with E-state index in [4.69, 9.17) is 9.47 Å². The predicted octanol–water partition coefficient (Wildman–Crippen LogP) is 2.16. The first-order chi connectivity index (χ1) is 10.3. The van der Waals surface area contributed by atoms with E-state index in [1.54, 1.807) is 0 Å². The number of carbonyl (C=O) groups excluding carboxylic acids is 1. The minimum atomic E-state index is -0.178. The van der Waals surface area contributed by atoms with Crippen LogP contribution in [0.3, 0.4) is 0 Å². The minimum absolute atomic E-state index is 0.178. The fourth-order valence-corrected chi connectivity index (χ4v) is 3.53. The van der Waals surface area contributed by atoms with Gasteiger partial charge in [-0.25, -0.2) is 0 Å². The summed E-state index contributed by atoms with van der Waals surface area (Å²) in [6.45, 7) is 2.70. The number of hydrogen-bond donors (Lipinski definition) is 0. The Balaban J connectivity index is 1.73. The lowest BCUT2D eigenvalue weighted by Crippen LogP contribution is -2.47. The lowest BCUT2D eigenvalue weighted by atomic mass is 10.0. The number of carbonyl (C=O) groups is 1. The molecule has 0 radical (unpaired) electrons. The van der Waals surface area contributed by atoms with Crippen molar-refractivity contribution in [1.82, 2.24) is 4.90 Å². The molecule has 1 heterocycles. The Bertz CT molecular complexity index is 503. The number of fused-ring (bicyclic) bond motifs is 1. The molecule has 1 saturated heterocycles. The van der Waals surface area contributed by atoms with Gasteiger partial charge in [0, 0.05) is 19.1 Å². The van der Waals surface area contributed by atoms with Crippen molar-refractivity contribution in [3.05, 3.63) is 35.4 Å². The van der Waals surface area contributed by atoms with Crippen molar-refractivity contribution in [3.63, 3.8) is 0 Å². The van der Waals surface area contributed by atoms with Crippen LogP contribution in [0.25, 0.3) is 0 Å². The highest BCUT2D eigenvalue weighted by molar-refractivity contribution is 5.72. The van der Waals surface area contributed by atoms with Crippen LogP contribution in [-0.2, 0) is 27.2 Å². The molecule has 1 aliphatic carbocycles. The lowest BCUT2D eigenvalue weighted by molar-refractivity contribution is -0.139. The van der Waals surface area contributed by atoms with E-state index in [1.807, 2.05) is 18.2 Å². The van der Waals surface area contributed by atoms with Crippen molar-refractivity contribution in [2.75, 3.05) is 20.3 Å². The first-order valence-corrected chi connectivity index (χ1v) is 7.77.